The van der Waals surface area contributed by atoms with E-state index in [0.717, 1.165) is 5.56 Å². The molecule has 1 atom stereocenters. The van der Waals surface area contributed by atoms with Crippen molar-refractivity contribution in [3.63, 3.8) is 0 Å². The molecule has 0 radical (unpaired) electrons. The van der Waals surface area contributed by atoms with Crippen LogP contribution in [0.5, 0.6) is 0 Å². The highest BCUT2D eigenvalue weighted by atomic mass is 16.6. The summed E-state index contributed by atoms with van der Waals surface area (Å²) in [6.07, 6.45) is 0. The molecule has 2 amide bonds. The summed E-state index contributed by atoms with van der Waals surface area (Å²) in [5.74, 6) is 0. The Balaban J connectivity index is 2.73. The minimum atomic E-state index is -0.504. The van der Waals surface area contributed by atoms with Crippen molar-refractivity contribution >= 4 is 17.4 Å². The minimum absolute atomic E-state index is 0.0640. The molecule has 1 aromatic rings. The molecule has 7 nitrogen and oxygen atoms in total. The van der Waals surface area contributed by atoms with Crippen molar-refractivity contribution in [3.05, 3.63) is 33.9 Å². The number of carbonyl (C=O) groups is 1. The SMILES string of the molecule is COCC(C)NC(=O)Nc1cc([N+](=O)[O-])ccc1C. The highest BCUT2D eigenvalue weighted by molar-refractivity contribution is 5.90. The Morgan fingerprint density at radius 1 is 1.53 bits per heavy atom. The number of aryl methyl sites for hydroxylation is 1. The summed E-state index contributed by atoms with van der Waals surface area (Å²) in [5, 5.41) is 15.9. The number of carbonyl (C=O) groups excluding carboxylic acids is 1. The molecule has 2 N–H and O–H groups in total. The molecule has 0 aliphatic heterocycles. The lowest BCUT2D eigenvalue weighted by Crippen LogP contribution is -2.38. The number of nitrogens with one attached hydrogen (secondary N) is 2. The van der Waals surface area contributed by atoms with E-state index in [1.54, 1.807) is 27.0 Å². The zero-order chi connectivity index (χ0) is 14.4. The van der Waals surface area contributed by atoms with Gasteiger partial charge in [0.15, 0.2) is 0 Å². The van der Waals surface area contributed by atoms with Gasteiger partial charge in [0.1, 0.15) is 0 Å². The lowest BCUT2D eigenvalue weighted by molar-refractivity contribution is -0.384. The van der Waals surface area contributed by atoms with Crippen molar-refractivity contribution in [1.82, 2.24) is 5.32 Å². The summed E-state index contributed by atoms with van der Waals surface area (Å²) in [7, 11) is 1.54. The van der Waals surface area contributed by atoms with E-state index in [0.29, 0.717) is 12.3 Å². The molecular weight excluding hydrogens is 250 g/mol. The second-order valence-corrected chi connectivity index (χ2v) is 4.21. The van der Waals surface area contributed by atoms with Gasteiger partial charge in [-0.2, -0.15) is 0 Å². The number of nitro benzene ring substituents is 1. The number of benzene rings is 1. The van der Waals surface area contributed by atoms with Crippen LogP contribution in [0, 0.1) is 17.0 Å². The summed E-state index contributed by atoms with van der Waals surface area (Å²) < 4.78 is 4.90. The van der Waals surface area contributed by atoms with Crippen molar-refractivity contribution in [2.24, 2.45) is 0 Å². The molecule has 0 fully saturated rings. The van der Waals surface area contributed by atoms with Gasteiger partial charge in [-0.15, -0.1) is 0 Å². The number of nitro groups is 1. The summed E-state index contributed by atoms with van der Waals surface area (Å²) in [6.45, 7) is 3.95. The Bertz CT molecular complexity index is 476. The first kappa shape index (κ1) is 14.9. The average Bonchev–Trinajstić information content (AvgIpc) is 2.31. The number of methoxy groups -OCH3 is 1. The van der Waals surface area contributed by atoms with Crippen LogP contribution in [0.2, 0.25) is 0 Å². The average molecular weight is 267 g/mol. The second-order valence-electron chi connectivity index (χ2n) is 4.21. The number of hydrogen-bond acceptors (Lipinski definition) is 4. The third kappa shape index (κ3) is 4.55. The maximum absolute atomic E-state index is 11.7. The molecule has 0 bridgehead atoms. The van der Waals surface area contributed by atoms with Crippen molar-refractivity contribution < 1.29 is 14.5 Å². The highest BCUT2D eigenvalue weighted by Crippen LogP contribution is 2.21. The smallest absolute Gasteiger partial charge is 0.319 e. The third-order valence-electron chi connectivity index (χ3n) is 2.47. The van der Waals surface area contributed by atoms with Crippen LogP contribution in [-0.2, 0) is 4.74 Å². The molecule has 104 valence electrons. The topological polar surface area (TPSA) is 93.5 Å². The van der Waals surface area contributed by atoms with Gasteiger partial charge >= 0.3 is 6.03 Å². The largest absolute Gasteiger partial charge is 0.383 e. The Labute approximate surface area is 111 Å². The zero-order valence-corrected chi connectivity index (χ0v) is 11.1. The predicted octanol–water partition coefficient (Wildman–Crippen LogP) is 2.06. The van der Waals surface area contributed by atoms with E-state index >= 15 is 0 Å². The fraction of sp³-hybridized carbons (Fsp3) is 0.417. The van der Waals surface area contributed by atoms with Crippen molar-refractivity contribution in [2.45, 2.75) is 19.9 Å². The van der Waals surface area contributed by atoms with Crippen molar-refractivity contribution in [3.8, 4) is 0 Å². The number of hydrogen-bond donors (Lipinski definition) is 2. The normalized spacial score (nSPS) is 11.7. The molecule has 0 saturated carbocycles. The van der Waals surface area contributed by atoms with Crippen LogP contribution in [0.15, 0.2) is 18.2 Å². The van der Waals surface area contributed by atoms with E-state index in [9.17, 15) is 14.9 Å². The van der Waals surface area contributed by atoms with Crippen LogP contribution < -0.4 is 10.6 Å². The van der Waals surface area contributed by atoms with Crippen LogP contribution in [-0.4, -0.2) is 30.7 Å². The number of anilines is 1. The Morgan fingerprint density at radius 2 is 2.21 bits per heavy atom. The van der Waals surface area contributed by atoms with E-state index in [2.05, 4.69) is 10.6 Å². The molecule has 0 aliphatic carbocycles. The zero-order valence-electron chi connectivity index (χ0n) is 11.1. The van der Waals surface area contributed by atoms with Gasteiger partial charge < -0.3 is 15.4 Å². The van der Waals surface area contributed by atoms with Gasteiger partial charge in [-0.25, -0.2) is 4.79 Å². The van der Waals surface area contributed by atoms with Crippen LogP contribution >= 0.6 is 0 Å². The van der Waals surface area contributed by atoms with Gasteiger partial charge in [-0.3, -0.25) is 10.1 Å². The van der Waals surface area contributed by atoms with Gasteiger partial charge in [0.25, 0.3) is 5.69 Å². The molecule has 19 heavy (non-hydrogen) atoms. The lowest BCUT2D eigenvalue weighted by Gasteiger charge is -2.14. The molecule has 1 unspecified atom stereocenters. The van der Waals surface area contributed by atoms with E-state index < -0.39 is 11.0 Å². The minimum Gasteiger partial charge on any atom is -0.383 e. The van der Waals surface area contributed by atoms with Crippen molar-refractivity contribution in [2.75, 3.05) is 19.0 Å². The number of ether oxygens (including phenoxy) is 1. The number of rotatable bonds is 5. The van der Waals surface area contributed by atoms with E-state index in [-0.39, 0.29) is 11.7 Å². The molecule has 0 aromatic heterocycles. The number of urea groups is 1. The first-order valence-electron chi connectivity index (χ1n) is 5.75. The summed E-state index contributed by atoms with van der Waals surface area (Å²) in [4.78, 5) is 21.9. The summed E-state index contributed by atoms with van der Waals surface area (Å²) in [5.41, 5.74) is 1.10. The Kier molecular flexibility index (Phi) is 5.25. The van der Waals surface area contributed by atoms with Gasteiger partial charge in [-0.1, -0.05) is 6.07 Å². The van der Waals surface area contributed by atoms with Gasteiger partial charge in [-0.05, 0) is 19.4 Å². The van der Waals surface area contributed by atoms with Gasteiger partial charge in [0, 0.05) is 19.2 Å². The van der Waals surface area contributed by atoms with Crippen LogP contribution in [0.25, 0.3) is 0 Å². The molecule has 0 spiro atoms. The quantitative estimate of drug-likeness (QED) is 0.630. The van der Waals surface area contributed by atoms with Crippen molar-refractivity contribution in [1.29, 1.82) is 0 Å². The van der Waals surface area contributed by atoms with Gasteiger partial charge in [0.2, 0.25) is 0 Å². The summed E-state index contributed by atoms with van der Waals surface area (Å²) in [6, 6.07) is 3.74. The third-order valence-corrected chi connectivity index (χ3v) is 2.47. The summed E-state index contributed by atoms with van der Waals surface area (Å²) >= 11 is 0. The molecule has 1 aromatic carbocycles. The second kappa shape index (κ2) is 6.69. The maximum Gasteiger partial charge on any atom is 0.319 e. The first-order chi connectivity index (χ1) is 8.93. The molecule has 0 saturated heterocycles. The monoisotopic (exact) mass is 267 g/mol. The first-order valence-corrected chi connectivity index (χ1v) is 5.75. The van der Waals surface area contributed by atoms with Gasteiger partial charge in [0.05, 0.1) is 23.3 Å². The number of non-ortho nitro benzene ring substituents is 1. The molecule has 0 aliphatic rings. The van der Waals surface area contributed by atoms with E-state index in [1.165, 1.54) is 12.1 Å². The fourth-order valence-electron chi connectivity index (χ4n) is 1.53. The molecule has 1 rings (SSSR count). The lowest BCUT2D eigenvalue weighted by atomic mass is 10.2. The number of amides is 2. The molecule has 7 heteroatoms. The highest BCUT2D eigenvalue weighted by Gasteiger charge is 2.12. The van der Waals surface area contributed by atoms with E-state index in [4.69, 9.17) is 4.74 Å². The van der Waals surface area contributed by atoms with Crippen LogP contribution in [0.4, 0.5) is 16.2 Å². The number of nitrogens with zero attached hydrogens (tertiary/aromatic N) is 1. The van der Waals surface area contributed by atoms with E-state index in [1.807, 2.05) is 0 Å². The molecule has 0 heterocycles. The maximum atomic E-state index is 11.7. The Morgan fingerprint density at radius 3 is 2.79 bits per heavy atom. The standard InChI is InChI=1S/C12H17N3O4/c1-8-4-5-10(15(17)18)6-11(8)14-12(16)13-9(2)7-19-3/h4-6,9H,7H2,1-3H3,(H2,13,14,16). The fourth-order valence-corrected chi connectivity index (χ4v) is 1.53. The predicted molar refractivity (Wildman–Crippen MR) is 71.3 cm³/mol. The van der Waals surface area contributed by atoms with Crippen LogP contribution in [0.3, 0.4) is 0 Å². The van der Waals surface area contributed by atoms with Crippen LogP contribution in [0.1, 0.15) is 12.5 Å². The Hall–Kier alpha value is -2.15. The molecular formula is C12H17N3O4.